The number of aryl methyl sites for hydroxylation is 1. The third-order valence-electron chi connectivity index (χ3n) is 3.68. The van der Waals surface area contributed by atoms with Gasteiger partial charge in [-0.2, -0.15) is 5.10 Å². The van der Waals surface area contributed by atoms with Gasteiger partial charge in [0, 0.05) is 35.7 Å². The average Bonchev–Trinajstić information content (AvgIpc) is 3.01. The Morgan fingerprint density at radius 1 is 0.909 bits per heavy atom. The molecule has 0 spiro atoms. The molecule has 4 rings (SSSR count). The molecule has 4 aromatic rings. The largest absolute Gasteiger partial charge is 0.264 e. The zero-order valence-electron chi connectivity index (χ0n) is 12.1. The van der Waals surface area contributed by atoms with Gasteiger partial charge in [-0.15, -0.1) is 0 Å². The normalized spacial score (nSPS) is 11.0. The van der Waals surface area contributed by atoms with Gasteiger partial charge in [-0.3, -0.25) is 9.97 Å². The van der Waals surface area contributed by atoms with E-state index in [-0.39, 0.29) is 0 Å². The summed E-state index contributed by atoms with van der Waals surface area (Å²) in [7, 11) is 0. The third-order valence-corrected chi connectivity index (χ3v) is 3.68. The number of hydrogen-bond donors (Lipinski definition) is 0. The molecule has 0 bridgehead atoms. The van der Waals surface area contributed by atoms with Gasteiger partial charge in [0.2, 0.25) is 0 Å². The summed E-state index contributed by atoms with van der Waals surface area (Å²) in [6.45, 7) is 2.03. The Morgan fingerprint density at radius 2 is 1.73 bits per heavy atom. The minimum absolute atomic E-state index is 0.953. The van der Waals surface area contributed by atoms with Gasteiger partial charge in [-0.25, -0.2) is 4.68 Å². The fourth-order valence-electron chi connectivity index (χ4n) is 2.57. The van der Waals surface area contributed by atoms with Gasteiger partial charge in [0.05, 0.1) is 17.6 Å². The maximum absolute atomic E-state index is 4.52. The van der Waals surface area contributed by atoms with Crippen LogP contribution in [0.15, 0.2) is 67.4 Å². The number of fused-ring (bicyclic) bond motifs is 1. The molecule has 0 radical (unpaired) electrons. The molecule has 0 unspecified atom stereocenters. The summed E-state index contributed by atoms with van der Waals surface area (Å²) >= 11 is 0. The van der Waals surface area contributed by atoms with Gasteiger partial charge in [0.15, 0.2) is 0 Å². The molecular formula is C18H14N4. The highest BCUT2D eigenvalue weighted by atomic mass is 15.3. The summed E-state index contributed by atoms with van der Waals surface area (Å²) < 4.78 is 1.87. The van der Waals surface area contributed by atoms with E-state index in [0.717, 1.165) is 33.3 Å². The lowest BCUT2D eigenvalue weighted by atomic mass is 10.1. The monoisotopic (exact) mass is 286 g/mol. The van der Waals surface area contributed by atoms with Crippen LogP contribution in [-0.2, 0) is 0 Å². The second-order valence-corrected chi connectivity index (χ2v) is 5.27. The van der Waals surface area contributed by atoms with Crippen molar-refractivity contribution in [2.45, 2.75) is 6.92 Å². The molecule has 0 saturated heterocycles. The first-order chi connectivity index (χ1) is 10.8. The van der Waals surface area contributed by atoms with Crippen LogP contribution in [0.1, 0.15) is 5.56 Å². The maximum Gasteiger partial charge on any atom is 0.0795 e. The zero-order valence-corrected chi connectivity index (χ0v) is 12.1. The van der Waals surface area contributed by atoms with Crippen molar-refractivity contribution >= 4 is 10.8 Å². The smallest absolute Gasteiger partial charge is 0.0795 e. The minimum atomic E-state index is 0.953. The summed E-state index contributed by atoms with van der Waals surface area (Å²) in [6, 6.07) is 12.3. The number of rotatable bonds is 2. The van der Waals surface area contributed by atoms with E-state index in [1.54, 1.807) is 6.20 Å². The summed E-state index contributed by atoms with van der Waals surface area (Å²) in [5.41, 5.74) is 4.21. The molecule has 0 fully saturated rings. The lowest BCUT2D eigenvalue weighted by Gasteiger charge is -2.07. The van der Waals surface area contributed by atoms with Crippen LogP contribution in [0.3, 0.4) is 0 Å². The predicted octanol–water partition coefficient (Wildman–Crippen LogP) is 3.79. The molecule has 3 aromatic heterocycles. The van der Waals surface area contributed by atoms with E-state index < -0.39 is 0 Å². The molecule has 0 aliphatic carbocycles. The Morgan fingerprint density at radius 3 is 2.50 bits per heavy atom. The van der Waals surface area contributed by atoms with Gasteiger partial charge in [0.25, 0.3) is 0 Å². The second-order valence-electron chi connectivity index (χ2n) is 5.27. The highest BCUT2D eigenvalue weighted by Gasteiger charge is 2.06. The van der Waals surface area contributed by atoms with Crippen molar-refractivity contribution in [1.82, 2.24) is 19.7 Å². The molecule has 4 nitrogen and oxygen atoms in total. The molecular weight excluding hydrogens is 272 g/mol. The van der Waals surface area contributed by atoms with Crippen LogP contribution in [0, 0.1) is 6.92 Å². The Labute approximate surface area is 128 Å². The van der Waals surface area contributed by atoms with Crippen LogP contribution in [-0.4, -0.2) is 19.7 Å². The van der Waals surface area contributed by atoms with E-state index in [9.17, 15) is 0 Å². The Kier molecular flexibility index (Phi) is 2.93. The molecule has 0 N–H and O–H groups in total. The molecule has 0 saturated carbocycles. The van der Waals surface area contributed by atoms with E-state index >= 15 is 0 Å². The van der Waals surface area contributed by atoms with E-state index in [2.05, 4.69) is 39.3 Å². The zero-order chi connectivity index (χ0) is 14.9. The highest BCUT2D eigenvalue weighted by Crippen LogP contribution is 2.26. The lowest BCUT2D eigenvalue weighted by molar-refractivity contribution is 0.880. The standard InChI is InChI=1S/C18H14N4/c1-13-10-21-22(12-13)16-4-2-15(3-5-16)18-17-11-19-8-6-14(17)7-9-20-18/h2-12H,1H3. The van der Waals surface area contributed by atoms with Crippen molar-refractivity contribution in [3.8, 4) is 16.9 Å². The Bertz CT molecular complexity index is 933. The molecule has 1 aromatic carbocycles. The van der Waals surface area contributed by atoms with E-state index in [1.807, 2.05) is 48.5 Å². The fourth-order valence-corrected chi connectivity index (χ4v) is 2.57. The summed E-state index contributed by atoms with van der Waals surface area (Å²) in [5.74, 6) is 0. The Balaban J connectivity index is 1.79. The topological polar surface area (TPSA) is 43.6 Å². The van der Waals surface area contributed by atoms with Crippen molar-refractivity contribution < 1.29 is 0 Å². The van der Waals surface area contributed by atoms with Crippen molar-refractivity contribution in [1.29, 1.82) is 0 Å². The van der Waals surface area contributed by atoms with Crippen LogP contribution in [0.5, 0.6) is 0 Å². The molecule has 0 aliphatic rings. The summed E-state index contributed by atoms with van der Waals surface area (Å²) in [4.78, 5) is 8.73. The van der Waals surface area contributed by atoms with E-state index in [1.165, 1.54) is 0 Å². The Hall–Kier alpha value is -3.01. The molecule has 3 heterocycles. The summed E-state index contributed by atoms with van der Waals surface area (Å²) in [5, 5.41) is 6.54. The van der Waals surface area contributed by atoms with Crippen molar-refractivity contribution in [2.75, 3.05) is 0 Å². The van der Waals surface area contributed by atoms with Gasteiger partial charge < -0.3 is 0 Å². The van der Waals surface area contributed by atoms with Crippen LogP contribution in [0.25, 0.3) is 27.7 Å². The SMILES string of the molecule is Cc1cnn(-c2ccc(-c3nccc4ccncc34)cc2)c1. The second kappa shape index (κ2) is 5.07. The fraction of sp³-hybridized carbons (Fsp3) is 0.0556. The van der Waals surface area contributed by atoms with Crippen LogP contribution >= 0.6 is 0 Å². The van der Waals surface area contributed by atoms with Gasteiger partial charge in [-0.1, -0.05) is 12.1 Å². The van der Waals surface area contributed by atoms with Gasteiger partial charge >= 0.3 is 0 Å². The van der Waals surface area contributed by atoms with E-state index in [0.29, 0.717) is 0 Å². The first-order valence-corrected chi connectivity index (χ1v) is 7.12. The molecule has 4 heteroatoms. The molecule has 0 amide bonds. The lowest BCUT2D eigenvalue weighted by Crippen LogP contribution is -1.94. The summed E-state index contributed by atoms with van der Waals surface area (Å²) in [6.07, 6.45) is 9.36. The van der Waals surface area contributed by atoms with Gasteiger partial charge in [-0.05, 0) is 42.1 Å². The van der Waals surface area contributed by atoms with Crippen molar-refractivity contribution in [3.63, 3.8) is 0 Å². The number of pyridine rings is 2. The molecule has 22 heavy (non-hydrogen) atoms. The third kappa shape index (κ3) is 2.15. The number of aromatic nitrogens is 4. The maximum atomic E-state index is 4.52. The van der Waals surface area contributed by atoms with Crippen LogP contribution in [0.2, 0.25) is 0 Å². The number of nitrogens with zero attached hydrogens (tertiary/aromatic N) is 4. The number of benzene rings is 1. The first-order valence-electron chi connectivity index (χ1n) is 7.12. The molecule has 0 atom stereocenters. The molecule has 0 aliphatic heterocycles. The van der Waals surface area contributed by atoms with Crippen molar-refractivity contribution in [2.24, 2.45) is 0 Å². The van der Waals surface area contributed by atoms with Crippen molar-refractivity contribution in [3.05, 3.63) is 72.9 Å². The van der Waals surface area contributed by atoms with Crippen LogP contribution < -0.4 is 0 Å². The average molecular weight is 286 g/mol. The minimum Gasteiger partial charge on any atom is -0.264 e. The highest BCUT2D eigenvalue weighted by molar-refractivity contribution is 5.93. The van der Waals surface area contributed by atoms with E-state index in [4.69, 9.17) is 0 Å². The predicted molar refractivity (Wildman–Crippen MR) is 86.8 cm³/mol. The molecule has 106 valence electrons. The number of hydrogen-bond acceptors (Lipinski definition) is 3. The van der Waals surface area contributed by atoms with Crippen LogP contribution in [0.4, 0.5) is 0 Å². The first kappa shape index (κ1) is 12.7. The van der Waals surface area contributed by atoms with Gasteiger partial charge in [0.1, 0.15) is 0 Å². The quantitative estimate of drug-likeness (QED) is 0.563.